The van der Waals surface area contributed by atoms with Gasteiger partial charge < -0.3 is 5.73 Å². The zero-order chi connectivity index (χ0) is 12.6. The van der Waals surface area contributed by atoms with Crippen LogP contribution in [0.4, 0.5) is 5.13 Å². The van der Waals surface area contributed by atoms with Gasteiger partial charge in [0.25, 0.3) is 0 Å². The normalized spacial score (nSPS) is 12.7. The molecule has 0 fully saturated rings. The molecule has 1 heterocycles. The van der Waals surface area contributed by atoms with Gasteiger partial charge in [0.2, 0.25) is 0 Å². The maximum absolute atomic E-state index is 6.01. The fourth-order valence-corrected chi connectivity index (χ4v) is 3.26. The number of hydrogen-bond donors (Lipinski definition) is 1. The number of nitrogens with zero attached hydrogens (tertiary/aromatic N) is 1. The van der Waals surface area contributed by atoms with Crippen molar-refractivity contribution in [3.63, 3.8) is 0 Å². The highest BCUT2D eigenvalue weighted by Gasteiger charge is 2.16. The molecule has 2 rings (SSSR count). The molecule has 1 unspecified atom stereocenters. The molecule has 2 aromatic rings. The first-order chi connectivity index (χ1) is 7.97. The molecule has 5 heteroatoms. The lowest BCUT2D eigenvalue weighted by molar-refractivity contribution is 0.927. The third-order valence-electron chi connectivity index (χ3n) is 2.63. The van der Waals surface area contributed by atoms with E-state index in [4.69, 9.17) is 28.9 Å². The SMILES string of the molecule is Cc1nc(N)sc1C(C)c1cc(Cl)cc(Cl)c1. The highest BCUT2D eigenvalue weighted by atomic mass is 35.5. The first-order valence-electron chi connectivity index (χ1n) is 5.16. The third-order valence-corrected chi connectivity index (χ3v) is 4.23. The van der Waals surface area contributed by atoms with E-state index in [0.29, 0.717) is 15.2 Å². The Morgan fingerprint density at radius 2 is 1.82 bits per heavy atom. The molecule has 1 atom stereocenters. The van der Waals surface area contributed by atoms with Crippen molar-refractivity contribution in [3.8, 4) is 0 Å². The van der Waals surface area contributed by atoms with Crippen molar-refractivity contribution < 1.29 is 0 Å². The summed E-state index contributed by atoms with van der Waals surface area (Å²) in [5, 5.41) is 1.89. The van der Waals surface area contributed by atoms with E-state index in [0.717, 1.165) is 16.1 Å². The summed E-state index contributed by atoms with van der Waals surface area (Å²) in [7, 11) is 0. The Hall–Kier alpha value is -0.770. The number of benzene rings is 1. The smallest absolute Gasteiger partial charge is 0.180 e. The van der Waals surface area contributed by atoms with Crippen LogP contribution >= 0.6 is 34.5 Å². The van der Waals surface area contributed by atoms with Gasteiger partial charge >= 0.3 is 0 Å². The zero-order valence-corrected chi connectivity index (χ0v) is 11.8. The number of halogens is 2. The number of aryl methyl sites for hydroxylation is 1. The zero-order valence-electron chi connectivity index (χ0n) is 9.50. The van der Waals surface area contributed by atoms with Gasteiger partial charge in [-0.1, -0.05) is 30.1 Å². The van der Waals surface area contributed by atoms with Crippen LogP contribution in [-0.2, 0) is 0 Å². The second-order valence-electron chi connectivity index (χ2n) is 3.93. The number of rotatable bonds is 2. The van der Waals surface area contributed by atoms with Crippen molar-refractivity contribution >= 4 is 39.7 Å². The molecule has 0 bridgehead atoms. The van der Waals surface area contributed by atoms with E-state index in [2.05, 4.69) is 11.9 Å². The second kappa shape index (κ2) is 4.84. The van der Waals surface area contributed by atoms with Crippen LogP contribution in [0.2, 0.25) is 10.0 Å². The standard InChI is InChI=1S/C12H12Cl2N2S/c1-6(11-7(2)16-12(15)17-11)8-3-9(13)5-10(14)4-8/h3-6H,1-2H3,(H2,15,16). The monoisotopic (exact) mass is 286 g/mol. The van der Waals surface area contributed by atoms with E-state index < -0.39 is 0 Å². The summed E-state index contributed by atoms with van der Waals surface area (Å²) in [6.45, 7) is 4.06. The summed E-state index contributed by atoms with van der Waals surface area (Å²) in [4.78, 5) is 5.39. The number of thiazole rings is 1. The molecule has 17 heavy (non-hydrogen) atoms. The maximum atomic E-state index is 6.01. The van der Waals surface area contributed by atoms with Gasteiger partial charge in [0.1, 0.15) is 0 Å². The average molecular weight is 287 g/mol. The third kappa shape index (κ3) is 2.73. The van der Waals surface area contributed by atoms with Crippen molar-refractivity contribution in [1.82, 2.24) is 4.98 Å². The number of nitrogens with two attached hydrogens (primary N) is 1. The van der Waals surface area contributed by atoms with Crippen molar-refractivity contribution in [2.45, 2.75) is 19.8 Å². The fraction of sp³-hybridized carbons (Fsp3) is 0.250. The first-order valence-corrected chi connectivity index (χ1v) is 6.73. The summed E-state index contributed by atoms with van der Waals surface area (Å²) in [5.41, 5.74) is 7.76. The summed E-state index contributed by atoms with van der Waals surface area (Å²) in [5.74, 6) is 0.195. The predicted molar refractivity (Wildman–Crippen MR) is 75.2 cm³/mol. The molecule has 2 nitrogen and oxygen atoms in total. The number of anilines is 1. The fourth-order valence-electron chi connectivity index (χ4n) is 1.81. The van der Waals surface area contributed by atoms with Crippen molar-refractivity contribution in [1.29, 1.82) is 0 Å². The quantitative estimate of drug-likeness (QED) is 0.883. The highest BCUT2D eigenvalue weighted by Crippen LogP contribution is 2.34. The average Bonchev–Trinajstić information content (AvgIpc) is 2.55. The van der Waals surface area contributed by atoms with Gasteiger partial charge in [0, 0.05) is 20.8 Å². The molecule has 0 radical (unpaired) electrons. The summed E-state index contributed by atoms with van der Waals surface area (Å²) in [6, 6.07) is 5.58. The van der Waals surface area contributed by atoms with E-state index >= 15 is 0 Å². The van der Waals surface area contributed by atoms with E-state index in [1.807, 2.05) is 19.1 Å². The summed E-state index contributed by atoms with van der Waals surface area (Å²) in [6.07, 6.45) is 0. The Kier molecular flexibility index (Phi) is 3.61. The van der Waals surface area contributed by atoms with Gasteiger partial charge in [-0.25, -0.2) is 4.98 Å². The van der Waals surface area contributed by atoms with Gasteiger partial charge in [-0.2, -0.15) is 0 Å². The molecule has 0 spiro atoms. The first kappa shape index (κ1) is 12.7. The van der Waals surface area contributed by atoms with Crippen LogP contribution in [0.5, 0.6) is 0 Å². The summed E-state index contributed by atoms with van der Waals surface area (Å²) >= 11 is 13.5. The Bertz CT molecular complexity index is 531. The lowest BCUT2D eigenvalue weighted by Gasteiger charge is -2.11. The Morgan fingerprint density at radius 3 is 2.29 bits per heavy atom. The number of aromatic nitrogens is 1. The minimum Gasteiger partial charge on any atom is -0.375 e. The molecule has 1 aromatic carbocycles. The van der Waals surface area contributed by atoms with E-state index in [1.165, 1.54) is 11.3 Å². The Balaban J connectivity index is 2.43. The second-order valence-corrected chi connectivity index (χ2v) is 5.86. The molecule has 2 N–H and O–H groups in total. The van der Waals surface area contributed by atoms with Crippen LogP contribution in [-0.4, -0.2) is 4.98 Å². The van der Waals surface area contributed by atoms with Gasteiger partial charge in [-0.3, -0.25) is 0 Å². The molecule has 0 aliphatic rings. The number of nitrogen functional groups attached to an aromatic ring is 1. The Labute approximate surface area is 114 Å². The molecule has 0 amide bonds. The van der Waals surface area contributed by atoms with Crippen LogP contribution in [0.15, 0.2) is 18.2 Å². The van der Waals surface area contributed by atoms with Crippen molar-refractivity contribution in [3.05, 3.63) is 44.4 Å². The molecular formula is C12H12Cl2N2S. The lowest BCUT2D eigenvalue weighted by atomic mass is 9.99. The van der Waals surface area contributed by atoms with Crippen molar-refractivity contribution in [2.24, 2.45) is 0 Å². The Morgan fingerprint density at radius 1 is 1.24 bits per heavy atom. The molecule has 0 aliphatic carbocycles. The van der Waals surface area contributed by atoms with Gasteiger partial charge in [-0.15, -0.1) is 11.3 Å². The highest BCUT2D eigenvalue weighted by molar-refractivity contribution is 7.15. The molecule has 1 aromatic heterocycles. The van der Waals surface area contributed by atoms with Crippen LogP contribution in [0.1, 0.15) is 29.0 Å². The van der Waals surface area contributed by atoms with Crippen molar-refractivity contribution in [2.75, 3.05) is 5.73 Å². The van der Waals surface area contributed by atoms with Crippen LogP contribution < -0.4 is 5.73 Å². The molecular weight excluding hydrogens is 275 g/mol. The van der Waals surface area contributed by atoms with E-state index in [-0.39, 0.29) is 5.92 Å². The largest absolute Gasteiger partial charge is 0.375 e. The predicted octanol–water partition coefficient (Wildman–Crippen LogP) is 4.49. The maximum Gasteiger partial charge on any atom is 0.180 e. The van der Waals surface area contributed by atoms with E-state index in [9.17, 15) is 0 Å². The molecule has 0 saturated heterocycles. The number of hydrogen-bond acceptors (Lipinski definition) is 3. The minimum absolute atomic E-state index is 0.195. The lowest BCUT2D eigenvalue weighted by Crippen LogP contribution is -1.95. The van der Waals surface area contributed by atoms with Crippen LogP contribution in [0.3, 0.4) is 0 Å². The van der Waals surface area contributed by atoms with Crippen LogP contribution in [0.25, 0.3) is 0 Å². The molecule has 0 aliphatic heterocycles. The van der Waals surface area contributed by atoms with Gasteiger partial charge in [0.05, 0.1) is 5.69 Å². The molecule has 90 valence electrons. The van der Waals surface area contributed by atoms with E-state index in [1.54, 1.807) is 6.07 Å². The topological polar surface area (TPSA) is 38.9 Å². The van der Waals surface area contributed by atoms with Gasteiger partial charge in [0.15, 0.2) is 5.13 Å². The minimum atomic E-state index is 0.195. The van der Waals surface area contributed by atoms with Crippen LogP contribution in [0, 0.1) is 6.92 Å². The molecule has 0 saturated carbocycles. The van der Waals surface area contributed by atoms with Gasteiger partial charge in [-0.05, 0) is 30.7 Å². The summed E-state index contributed by atoms with van der Waals surface area (Å²) < 4.78 is 0.